The van der Waals surface area contributed by atoms with Crippen molar-refractivity contribution in [1.82, 2.24) is 19.7 Å². The Labute approximate surface area is 189 Å². The molecular formula is C22H32N6O2S. The summed E-state index contributed by atoms with van der Waals surface area (Å²) in [4.78, 5) is 21.4. The number of thiol groups is 1. The molecule has 0 spiro atoms. The zero-order valence-corrected chi connectivity index (χ0v) is 19.1. The van der Waals surface area contributed by atoms with E-state index in [2.05, 4.69) is 58.4 Å². The highest BCUT2D eigenvalue weighted by atomic mass is 32.1. The summed E-state index contributed by atoms with van der Waals surface area (Å²) in [6, 6.07) is 1.83. The molecule has 2 aromatic rings. The molecule has 0 aliphatic heterocycles. The number of rotatable bonds is 10. The van der Waals surface area contributed by atoms with E-state index >= 15 is 0 Å². The lowest BCUT2D eigenvalue weighted by atomic mass is 10.0. The SMILES string of the molecule is CCC(CN)CCNc1ncncc1C(=O)c1cc(C)n(CC2=CCCC=C2)n1.OS. The van der Waals surface area contributed by atoms with Crippen molar-refractivity contribution in [3.05, 3.63) is 59.3 Å². The second kappa shape index (κ2) is 13.0. The first-order valence-corrected chi connectivity index (χ1v) is 10.9. The molecule has 0 aromatic carbocycles. The first kappa shape index (κ1) is 24.8. The number of hydrogen-bond donors (Lipinski definition) is 4. The van der Waals surface area contributed by atoms with E-state index in [4.69, 9.17) is 10.3 Å². The van der Waals surface area contributed by atoms with Crippen molar-refractivity contribution in [2.75, 3.05) is 18.4 Å². The Balaban J connectivity index is 0.00000166. The summed E-state index contributed by atoms with van der Waals surface area (Å²) in [5.41, 5.74) is 8.80. The van der Waals surface area contributed by atoms with Gasteiger partial charge in [0.1, 0.15) is 17.8 Å². The highest BCUT2D eigenvalue weighted by molar-refractivity contribution is 7.74. The second-order valence-corrected chi connectivity index (χ2v) is 7.43. The van der Waals surface area contributed by atoms with Crippen LogP contribution < -0.4 is 11.1 Å². The average Bonchev–Trinajstić information content (AvgIpc) is 3.18. The lowest BCUT2D eigenvalue weighted by Crippen LogP contribution is -2.18. The molecule has 2 heterocycles. The molecule has 0 radical (unpaired) electrons. The highest BCUT2D eigenvalue weighted by Gasteiger charge is 2.19. The van der Waals surface area contributed by atoms with Crippen molar-refractivity contribution in [3.8, 4) is 0 Å². The number of ketones is 1. The third-order valence-corrected chi connectivity index (χ3v) is 5.33. The van der Waals surface area contributed by atoms with Crippen LogP contribution in [0, 0.1) is 12.8 Å². The van der Waals surface area contributed by atoms with Crippen LogP contribution in [0.25, 0.3) is 0 Å². The Morgan fingerprint density at radius 1 is 1.39 bits per heavy atom. The number of aryl methyl sites for hydroxylation is 1. The van der Waals surface area contributed by atoms with Crippen LogP contribution >= 0.6 is 12.9 Å². The Morgan fingerprint density at radius 3 is 2.87 bits per heavy atom. The van der Waals surface area contributed by atoms with Gasteiger partial charge in [0.2, 0.25) is 5.78 Å². The van der Waals surface area contributed by atoms with Gasteiger partial charge < -0.3 is 15.6 Å². The second-order valence-electron chi connectivity index (χ2n) is 7.43. The molecule has 3 rings (SSSR count). The minimum atomic E-state index is -0.172. The number of nitrogens with zero attached hydrogens (tertiary/aromatic N) is 4. The van der Waals surface area contributed by atoms with E-state index in [1.165, 1.54) is 11.9 Å². The highest BCUT2D eigenvalue weighted by Crippen LogP contribution is 2.18. The summed E-state index contributed by atoms with van der Waals surface area (Å²) in [6.45, 7) is 6.14. The van der Waals surface area contributed by atoms with Gasteiger partial charge in [0.15, 0.2) is 0 Å². The van der Waals surface area contributed by atoms with Crippen LogP contribution in [0.1, 0.15) is 54.4 Å². The van der Waals surface area contributed by atoms with Gasteiger partial charge in [-0.25, -0.2) is 9.97 Å². The third-order valence-electron chi connectivity index (χ3n) is 5.33. The Bertz CT molecular complexity index is 905. The van der Waals surface area contributed by atoms with Crippen LogP contribution in [-0.4, -0.2) is 43.2 Å². The molecule has 2 aromatic heterocycles. The van der Waals surface area contributed by atoms with Crippen molar-refractivity contribution < 1.29 is 9.35 Å². The number of nitrogens with two attached hydrogens (primary N) is 1. The fraction of sp³-hybridized carbons (Fsp3) is 0.455. The van der Waals surface area contributed by atoms with E-state index in [0.29, 0.717) is 42.6 Å². The summed E-state index contributed by atoms with van der Waals surface area (Å²) >= 11 is 2.53. The molecular weight excluding hydrogens is 412 g/mol. The molecule has 0 fully saturated rings. The van der Waals surface area contributed by atoms with Gasteiger partial charge >= 0.3 is 0 Å². The number of carbonyl (C=O) groups is 1. The maximum atomic E-state index is 13.1. The molecule has 1 aliphatic rings. The van der Waals surface area contributed by atoms with Gasteiger partial charge in [-0.1, -0.05) is 31.6 Å². The summed E-state index contributed by atoms with van der Waals surface area (Å²) in [6.07, 6.45) is 13.6. The fourth-order valence-corrected chi connectivity index (χ4v) is 3.40. The molecule has 31 heavy (non-hydrogen) atoms. The van der Waals surface area contributed by atoms with E-state index in [1.807, 2.05) is 17.7 Å². The number of nitrogens with one attached hydrogen (secondary N) is 1. The zero-order chi connectivity index (χ0) is 22.6. The van der Waals surface area contributed by atoms with Crippen molar-refractivity contribution in [3.63, 3.8) is 0 Å². The Kier molecular flexibility index (Phi) is 10.4. The third kappa shape index (κ3) is 7.02. The topological polar surface area (TPSA) is 119 Å². The lowest BCUT2D eigenvalue weighted by Gasteiger charge is -2.13. The van der Waals surface area contributed by atoms with Gasteiger partial charge in [0, 0.05) is 18.4 Å². The van der Waals surface area contributed by atoms with Crippen molar-refractivity contribution in [1.29, 1.82) is 0 Å². The average molecular weight is 445 g/mol. The molecule has 4 N–H and O–H groups in total. The minimum absolute atomic E-state index is 0.172. The van der Waals surface area contributed by atoms with Crippen LogP contribution in [0.5, 0.6) is 0 Å². The molecule has 0 saturated carbocycles. The van der Waals surface area contributed by atoms with Gasteiger partial charge in [-0.15, -0.1) is 0 Å². The van der Waals surface area contributed by atoms with Crippen molar-refractivity contribution >= 4 is 24.5 Å². The monoisotopic (exact) mass is 444 g/mol. The number of hydrogen-bond acceptors (Lipinski definition) is 8. The Morgan fingerprint density at radius 2 is 2.19 bits per heavy atom. The van der Waals surface area contributed by atoms with Crippen LogP contribution in [-0.2, 0) is 6.54 Å². The minimum Gasteiger partial charge on any atom is -0.369 e. The van der Waals surface area contributed by atoms with Gasteiger partial charge in [-0.3, -0.25) is 9.48 Å². The summed E-state index contributed by atoms with van der Waals surface area (Å²) < 4.78 is 8.57. The molecule has 0 bridgehead atoms. The van der Waals surface area contributed by atoms with Crippen molar-refractivity contribution in [2.45, 2.75) is 46.1 Å². The predicted molar refractivity (Wildman–Crippen MR) is 126 cm³/mol. The summed E-state index contributed by atoms with van der Waals surface area (Å²) in [5.74, 6) is 0.834. The van der Waals surface area contributed by atoms with Gasteiger partial charge in [-0.05, 0) is 63.2 Å². The molecule has 0 amide bonds. The quantitative estimate of drug-likeness (QED) is 0.251. The maximum Gasteiger partial charge on any atom is 0.218 e. The lowest BCUT2D eigenvalue weighted by molar-refractivity contribution is 0.103. The van der Waals surface area contributed by atoms with E-state index in [1.54, 1.807) is 6.20 Å². The largest absolute Gasteiger partial charge is 0.369 e. The fourth-order valence-electron chi connectivity index (χ4n) is 3.40. The zero-order valence-electron chi connectivity index (χ0n) is 18.2. The maximum absolute atomic E-state index is 13.1. The number of allylic oxidation sites excluding steroid dienone is 4. The van der Waals surface area contributed by atoms with Crippen LogP contribution in [0.4, 0.5) is 5.82 Å². The van der Waals surface area contributed by atoms with Gasteiger partial charge in [-0.2, -0.15) is 5.10 Å². The van der Waals surface area contributed by atoms with E-state index in [-0.39, 0.29) is 5.78 Å². The number of aromatic nitrogens is 4. The number of anilines is 1. The van der Waals surface area contributed by atoms with Gasteiger partial charge in [0.25, 0.3) is 0 Å². The van der Waals surface area contributed by atoms with Crippen LogP contribution in [0.15, 0.2) is 42.4 Å². The molecule has 1 unspecified atom stereocenters. The molecule has 0 saturated heterocycles. The summed E-state index contributed by atoms with van der Waals surface area (Å²) in [7, 11) is 0. The smallest absolute Gasteiger partial charge is 0.218 e. The molecule has 1 atom stereocenters. The first-order chi connectivity index (χ1) is 15.1. The predicted octanol–water partition coefficient (Wildman–Crippen LogP) is 3.67. The van der Waals surface area contributed by atoms with E-state index in [0.717, 1.165) is 31.4 Å². The van der Waals surface area contributed by atoms with Crippen LogP contribution in [0.3, 0.4) is 0 Å². The normalized spacial score (nSPS) is 13.8. The molecule has 9 heteroatoms. The summed E-state index contributed by atoms with van der Waals surface area (Å²) in [5, 5.41) is 7.82. The van der Waals surface area contributed by atoms with Crippen molar-refractivity contribution in [2.24, 2.45) is 11.7 Å². The standard InChI is InChI=1S/C22H30N6O.H2OS/c1-3-17(12-23)9-10-25-22-19(13-24-15-26-22)21(29)20-11-16(2)28(27-20)14-18-7-5-4-6-8-18;1-2/h5,7-8,11,13,15,17H,3-4,6,9-10,12,14,23H2,1-2H3,(H,24,25,26);1-2H. The molecule has 1 aliphatic carbocycles. The first-order valence-electron chi connectivity index (χ1n) is 10.5. The van der Waals surface area contributed by atoms with E-state index < -0.39 is 0 Å². The van der Waals surface area contributed by atoms with E-state index in [9.17, 15) is 4.79 Å². The van der Waals surface area contributed by atoms with Gasteiger partial charge in [0.05, 0.1) is 12.1 Å². The number of carbonyl (C=O) groups excluding carboxylic acids is 1. The van der Waals surface area contributed by atoms with Crippen LogP contribution in [0.2, 0.25) is 0 Å². The molecule has 168 valence electrons. The molecule has 8 nitrogen and oxygen atoms in total. The Hall–Kier alpha value is -2.49.